The zero-order valence-electron chi connectivity index (χ0n) is 0.908. The predicted molar refractivity (Wildman–Crippen MR) is 25.7 cm³/mol. The maximum absolute atomic E-state index is 0. The Morgan fingerprint density at radius 1 is 1.00 bits per heavy atom. The van der Waals surface area contributed by atoms with Gasteiger partial charge in [0.1, 0.15) is 0 Å². The molecule has 0 aromatic rings. The summed E-state index contributed by atoms with van der Waals surface area (Å²) in [5, 5.41) is 0. The Kier molecular flexibility index (Phi) is 118. The van der Waals surface area contributed by atoms with Crippen LogP contribution in [0.1, 0.15) is 0 Å². The van der Waals surface area contributed by atoms with Gasteiger partial charge in [-0.1, -0.05) is 0 Å². The smallest absolute Gasteiger partial charge is 0.147 e. The van der Waals surface area contributed by atoms with Crippen molar-refractivity contribution in [2.45, 2.75) is 0 Å². The summed E-state index contributed by atoms with van der Waals surface area (Å²) in [5.41, 5.74) is 0. The first kappa shape index (κ1) is 28.2. The van der Waals surface area contributed by atoms with Crippen LogP contribution in [0.15, 0.2) is 0 Å². The van der Waals surface area contributed by atoms with Crippen molar-refractivity contribution in [3.05, 3.63) is 0 Å². The molecule has 4 heavy (non-hydrogen) atoms. The van der Waals surface area contributed by atoms with Crippen LogP contribution in [-0.2, 0) is 0 Å². The Bertz CT molecular complexity index is 8.00. The minimum absolute atomic E-state index is 0. The molecule has 0 aromatic carbocycles. The van der Waals surface area contributed by atoms with Crippen molar-refractivity contribution in [1.29, 1.82) is 0 Å². The molecule has 0 atom stereocenters. The van der Waals surface area contributed by atoms with Crippen molar-refractivity contribution in [1.82, 2.24) is 0 Å². The van der Waals surface area contributed by atoms with E-state index in [9.17, 15) is 0 Å². The first-order chi connectivity index (χ1) is 0. The van der Waals surface area contributed by atoms with Gasteiger partial charge in [-0.2, -0.15) is 0 Å². The molecule has 0 bridgehead atoms. The minimum atomic E-state index is 0. The third kappa shape index (κ3) is 8.88. The summed E-state index contributed by atoms with van der Waals surface area (Å²) in [6, 6.07) is 0. The van der Waals surface area contributed by atoms with Gasteiger partial charge in [0.25, 0.3) is 0 Å². The Hall–Kier alpha value is 2.97. The van der Waals surface area contributed by atoms with Gasteiger partial charge in [-0.05, 0) is 0 Å². The largest absolute Gasteiger partial charge is 0.316 e. The first-order valence-corrected chi connectivity index (χ1v) is 0. The molecular formula is H6AlCeClMg. The summed E-state index contributed by atoms with van der Waals surface area (Å²) in [4.78, 5) is 0. The maximum Gasteiger partial charge on any atom is 0.316 e. The van der Waals surface area contributed by atoms with Crippen molar-refractivity contribution in [3.63, 3.8) is 0 Å². The summed E-state index contributed by atoms with van der Waals surface area (Å²) in [6.45, 7) is 0. The second kappa shape index (κ2) is 16.7. The monoisotopic (exact) mass is 232 g/mol. The molecule has 0 aliphatic carbocycles. The fourth-order valence-electron chi connectivity index (χ4n) is 0. The third-order valence-electron chi connectivity index (χ3n) is 0. The minimum Gasteiger partial charge on any atom is -0.147 e. The van der Waals surface area contributed by atoms with Crippen molar-refractivity contribution >= 4 is 52.8 Å². The maximum atomic E-state index is 0. The van der Waals surface area contributed by atoms with E-state index >= 15 is 0 Å². The molecule has 0 saturated carbocycles. The molecule has 0 fully saturated rings. The zero-order valence-corrected chi connectivity index (χ0v) is 4.86. The number of hydrogen-bond acceptors (Lipinski definition) is 0. The molecule has 0 aromatic heterocycles. The van der Waals surface area contributed by atoms with E-state index in [1.807, 2.05) is 0 Å². The molecular weight excluding hydrogens is 227 g/mol. The summed E-state index contributed by atoms with van der Waals surface area (Å²) in [6.07, 6.45) is 0. The second-order valence-corrected chi connectivity index (χ2v) is 0. The van der Waals surface area contributed by atoms with Crippen LogP contribution in [0.25, 0.3) is 0 Å². The Balaban J connectivity index is 0. The van der Waals surface area contributed by atoms with Crippen LogP contribution >= 0.6 is 12.4 Å². The molecule has 0 heterocycles. The topological polar surface area (TPSA) is 0 Å². The van der Waals surface area contributed by atoms with Gasteiger partial charge in [0.15, 0.2) is 17.4 Å². The molecule has 0 radical (unpaired) electrons. The molecule has 0 saturated heterocycles. The Morgan fingerprint density at radius 3 is 1.00 bits per heavy atom. The fraction of sp³-hybridized carbons (Fsp3) is 0. The Morgan fingerprint density at radius 2 is 1.00 bits per heavy atom. The van der Waals surface area contributed by atoms with Gasteiger partial charge < -0.3 is 0 Å². The van der Waals surface area contributed by atoms with Gasteiger partial charge in [0.2, 0.25) is 0 Å². The van der Waals surface area contributed by atoms with Gasteiger partial charge in [0.05, 0.1) is 0 Å². The van der Waals surface area contributed by atoms with E-state index in [2.05, 4.69) is 0 Å². The average molecular weight is 233 g/mol. The van der Waals surface area contributed by atoms with Gasteiger partial charge in [0, 0.05) is 41.7 Å². The van der Waals surface area contributed by atoms with Gasteiger partial charge in [-0.3, -0.25) is 0 Å². The van der Waals surface area contributed by atoms with Crippen molar-refractivity contribution in [2.75, 3.05) is 0 Å². The summed E-state index contributed by atoms with van der Waals surface area (Å²) < 4.78 is 0. The van der Waals surface area contributed by atoms with Gasteiger partial charge >= 0.3 is 23.1 Å². The van der Waals surface area contributed by atoms with E-state index < -0.39 is 0 Å². The quantitative estimate of drug-likeness (QED) is 0.438. The van der Waals surface area contributed by atoms with Crippen LogP contribution in [-0.4, -0.2) is 40.4 Å². The Labute approximate surface area is 92.5 Å². The van der Waals surface area contributed by atoms with Crippen molar-refractivity contribution in [2.24, 2.45) is 0 Å². The van der Waals surface area contributed by atoms with Crippen LogP contribution in [0.4, 0.5) is 0 Å². The van der Waals surface area contributed by atoms with E-state index in [1.54, 1.807) is 0 Å². The van der Waals surface area contributed by atoms with Crippen LogP contribution in [0.2, 0.25) is 0 Å². The van der Waals surface area contributed by atoms with Crippen molar-refractivity contribution in [3.8, 4) is 0 Å². The fourth-order valence-corrected chi connectivity index (χ4v) is 0. The number of rotatable bonds is 0. The molecule has 0 unspecified atom stereocenters. The van der Waals surface area contributed by atoms with Gasteiger partial charge in [-0.25, -0.2) is 0 Å². The van der Waals surface area contributed by atoms with Crippen molar-refractivity contribution < 1.29 is 41.7 Å². The summed E-state index contributed by atoms with van der Waals surface area (Å²) >= 11 is 0. The van der Waals surface area contributed by atoms with E-state index in [1.165, 1.54) is 0 Å². The average Bonchev–Trinajstić information content (AvgIpc) is 0. The van der Waals surface area contributed by atoms with Crippen LogP contribution < -0.4 is 0 Å². The van der Waals surface area contributed by atoms with E-state index in [0.29, 0.717) is 0 Å². The summed E-state index contributed by atoms with van der Waals surface area (Å²) in [7, 11) is 0. The predicted octanol–water partition coefficient (Wildman–Crippen LogP) is -1.68. The normalized spacial score (nSPS) is 0. The zero-order chi connectivity index (χ0) is 0. The molecule has 4 heteroatoms. The third-order valence-corrected chi connectivity index (χ3v) is 0. The SMILES string of the molecule is Cl.[AlH3].[Ce].[MgH2]. The number of hydrogen-bond donors (Lipinski definition) is 0. The van der Waals surface area contributed by atoms with Gasteiger partial charge in [-0.15, -0.1) is 12.4 Å². The number of halogens is 1. The van der Waals surface area contributed by atoms with E-state index in [4.69, 9.17) is 0 Å². The molecule has 0 spiro atoms. The molecule has 0 aliphatic rings. The molecule has 22 valence electrons. The summed E-state index contributed by atoms with van der Waals surface area (Å²) in [5.74, 6) is 0. The molecule has 0 nitrogen and oxygen atoms in total. The second-order valence-electron chi connectivity index (χ2n) is 0. The van der Waals surface area contributed by atoms with E-state index in [0.717, 1.165) is 0 Å². The molecule has 0 N–H and O–H groups in total. The first-order valence-electron chi connectivity index (χ1n) is 0. The van der Waals surface area contributed by atoms with E-state index in [-0.39, 0.29) is 94.6 Å². The van der Waals surface area contributed by atoms with Crippen LogP contribution in [0.3, 0.4) is 0 Å². The molecule has 0 rings (SSSR count). The standard InChI is InChI=1S/Al.Ce.ClH.Mg.5H/h;;1H;;;;;;. The van der Waals surface area contributed by atoms with Crippen LogP contribution in [0, 0.1) is 41.7 Å². The molecule has 0 aliphatic heterocycles. The van der Waals surface area contributed by atoms with Crippen LogP contribution in [0.5, 0.6) is 0 Å². The molecule has 0 amide bonds.